The number of nitrogens with zero attached hydrogens (tertiary/aromatic N) is 2. The van der Waals surface area contributed by atoms with Crippen LogP contribution < -0.4 is 20.3 Å². The fourth-order valence-corrected chi connectivity index (χ4v) is 1.76. The number of hydrogen-bond donors (Lipinski definition) is 2. The van der Waals surface area contributed by atoms with Crippen molar-refractivity contribution in [2.75, 3.05) is 12.1 Å². The number of ether oxygens (including phenoxy) is 2. The first kappa shape index (κ1) is 12.0. The normalized spacial score (nSPS) is 12.2. The van der Waals surface area contributed by atoms with Crippen LogP contribution in [0.2, 0.25) is 0 Å². The number of nitrogens with one attached hydrogen (secondary N) is 2. The van der Waals surface area contributed by atoms with Gasteiger partial charge in [0.25, 0.3) is 0 Å². The van der Waals surface area contributed by atoms with E-state index >= 15 is 0 Å². The maximum Gasteiger partial charge on any atom is 0.376 e. The Kier molecular flexibility index (Phi) is 2.71. The van der Waals surface area contributed by atoms with Gasteiger partial charge in [0.15, 0.2) is 11.5 Å². The lowest BCUT2D eigenvalue weighted by Gasteiger charge is -2.06. The fraction of sp³-hybridized carbons (Fsp3) is 0.0909. The van der Waals surface area contributed by atoms with Gasteiger partial charge >= 0.3 is 11.2 Å². The molecule has 2 aromatic rings. The van der Waals surface area contributed by atoms with E-state index in [4.69, 9.17) is 9.47 Å². The van der Waals surface area contributed by atoms with Crippen LogP contribution in [0.4, 0.5) is 17.2 Å². The zero-order valence-corrected chi connectivity index (χ0v) is 9.95. The van der Waals surface area contributed by atoms with E-state index in [1.165, 1.54) is 0 Å². The molecular weight excluding hydrogens is 268 g/mol. The lowest BCUT2D eigenvalue weighted by atomic mass is 10.2. The molecule has 0 bridgehead atoms. The van der Waals surface area contributed by atoms with Crippen molar-refractivity contribution < 1.29 is 14.4 Å². The van der Waals surface area contributed by atoms with Gasteiger partial charge in [0.1, 0.15) is 0 Å². The molecule has 9 heteroatoms. The summed E-state index contributed by atoms with van der Waals surface area (Å²) in [6, 6.07) is 4.90. The van der Waals surface area contributed by atoms with Gasteiger partial charge in [-0.15, -0.1) is 0 Å². The summed E-state index contributed by atoms with van der Waals surface area (Å²) in [6.45, 7) is 0.127. The first-order valence-corrected chi connectivity index (χ1v) is 5.54. The van der Waals surface area contributed by atoms with E-state index in [1.54, 1.807) is 18.2 Å². The Morgan fingerprint density at radius 2 is 2.15 bits per heavy atom. The number of aromatic amines is 1. The van der Waals surface area contributed by atoms with E-state index in [-0.39, 0.29) is 12.6 Å². The summed E-state index contributed by atoms with van der Waals surface area (Å²) >= 11 is 0. The molecule has 0 saturated heterocycles. The third kappa shape index (κ3) is 2.00. The highest BCUT2D eigenvalue weighted by atomic mass is 16.7. The van der Waals surface area contributed by atoms with Gasteiger partial charge < -0.3 is 19.8 Å². The summed E-state index contributed by atoms with van der Waals surface area (Å²) in [5, 5.41) is 13.6. The zero-order chi connectivity index (χ0) is 14.1. The summed E-state index contributed by atoms with van der Waals surface area (Å²) in [4.78, 5) is 27.5. The van der Waals surface area contributed by atoms with Gasteiger partial charge in [-0.3, -0.25) is 14.9 Å². The maximum absolute atomic E-state index is 11.4. The molecule has 0 saturated carbocycles. The molecule has 1 aliphatic heterocycles. The molecule has 20 heavy (non-hydrogen) atoms. The van der Waals surface area contributed by atoms with Gasteiger partial charge in [-0.2, -0.15) is 0 Å². The minimum Gasteiger partial charge on any atom is -0.454 e. The Hall–Kier alpha value is -3.10. The highest BCUT2D eigenvalue weighted by Gasteiger charge is 2.21. The van der Waals surface area contributed by atoms with E-state index < -0.39 is 16.2 Å². The summed E-state index contributed by atoms with van der Waals surface area (Å²) in [5.74, 6) is 0.962. The van der Waals surface area contributed by atoms with Crippen LogP contribution in [0.25, 0.3) is 0 Å². The van der Waals surface area contributed by atoms with Crippen LogP contribution in [-0.4, -0.2) is 21.7 Å². The quantitative estimate of drug-likeness (QED) is 0.637. The molecule has 0 spiro atoms. The zero-order valence-electron chi connectivity index (χ0n) is 9.95. The van der Waals surface area contributed by atoms with Crippen LogP contribution >= 0.6 is 0 Å². The van der Waals surface area contributed by atoms with Gasteiger partial charge in [-0.25, -0.2) is 4.98 Å². The van der Waals surface area contributed by atoms with Crippen molar-refractivity contribution in [2.45, 2.75) is 0 Å². The van der Waals surface area contributed by atoms with E-state index in [0.29, 0.717) is 17.2 Å². The molecule has 0 radical (unpaired) electrons. The molecule has 0 fully saturated rings. The van der Waals surface area contributed by atoms with E-state index in [0.717, 1.165) is 6.33 Å². The number of benzene rings is 1. The lowest BCUT2D eigenvalue weighted by Crippen LogP contribution is -2.14. The Bertz CT molecular complexity index is 742. The smallest absolute Gasteiger partial charge is 0.376 e. The van der Waals surface area contributed by atoms with Crippen molar-refractivity contribution in [1.29, 1.82) is 0 Å². The summed E-state index contributed by atoms with van der Waals surface area (Å²) in [6.07, 6.45) is 1.09. The van der Waals surface area contributed by atoms with Gasteiger partial charge in [0.05, 0.1) is 11.3 Å². The van der Waals surface area contributed by atoms with Crippen molar-refractivity contribution in [3.8, 4) is 11.5 Å². The number of nitro groups is 1. The average Bonchev–Trinajstić information content (AvgIpc) is 2.85. The Morgan fingerprint density at radius 3 is 2.95 bits per heavy atom. The lowest BCUT2D eigenvalue weighted by molar-refractivity contribution is -0.385. The second kappa shape index (κ2) is 4.53. The average molecular weight is 276 g/mol. The Morgan fingerprint density at radius 1 is 1.35 bits per heavy atom. The van der Waals surface area contributed by atoms with Crippen molar-refractivity contribution in [1.82, 2.24) is 9.97 Å². The molecule has 0 unspecified atom stereocenters. The molecule has 2 heterocycles. The second-order valence-corrected chi connectivity index (χ2v) is 3.88. The number of hydrogen-bond acceptors (Lipinski definition) is 7. The van der Waals surface area contributed by atoms with Crippen molar-refractivity contribution in [3.05, 3.63) is 45.0 Å². The van der Waals surface area contributed by atoms with Gasteiger partial charge in [0, 0.05) is 11.8 Å². The molecule has 1 aromatic carbocycles. The standard InChI is InChI=1S/C11H8N4O5/c16-11-9(15(17)18)10(12-4-13-11)14-6-1-2-7-8(3-6)20-5-19-7/h1-4H,5H2,(H2,12,13,14,16). The van der Waals surface area contributed by atoms with E-state index in [9.17, 15) is 14.9 Å². The Labute approximate surface area is 111 Å². The highest BCUT2D eigenvalue weighted by Crippen LogP contribution is 2.35. The van der Waals surface area contributed by atoms with Crippen molar-refractivity contribution in [3.63, 3.8) is 0 Å². The van der Waals surface area contributed by atoms with Crippen LogP contribution in [0.15, 0.2) is 29.3 Å². The summed E-state index contributed by atoms with van der Waals surface area (Å²) in [7, 11) is 0. The number of H-pyrrole nitrogens is 1. The third-order valence-corrected chi connectivity index (χ3v) is 2.65. The van der Waals surface area contributed by atoms with Gasteiger partial charge in [-0.1, -0.05) is 0 Å². The molecule has 0 atom stereocenters. The molecule has 102 valence electrons. The van der Waals surface area contributed by atoms with Crippen LogP contribution in [0, 0.1) is 10.1 Å². The molecule has 1 aromatic heterocycles. The van der Waals surface area contributed by atoms with Gasteiger partial charge in [-0.05, 0) is 12.1 Å². The highest BCUT2D eigenvalue weighted by molar-refractivity contribution is 5.67. The number of fused-ring (bicyclic) bond motifs is 1. The van der Waals surface area contributed by atoms with Crippen molar-refractivity contribution >= 4 is 17.2 Å². The fourth-order valence-electron chi connectivity index (χ4n) is 1.76. The van der Waals surface area contributed by atoms with Crippen LogP contribution in [0.3, 0.4) is 0 Å². The first-order valence-electron chi connectivity index (χ1n) is 5.54. The molecule has 2 N–H and O–H groups in total. The SMILES string of the molecule is O=c1[nH]cnc(Nc2ccc3c(c2)OCO3)c1[N+](=O)[O-]. The molecule has 1 aliphatic rings. The molecule has 0 aliphatic carbocycles. The number of anilines is 2. The maximum atomic E-state index is 11.4. The van der Waals surface area contributed by atoms with E-state index in [2.05, 4.69) is 15.3 Å². The minimum absolute atomic E-state index is 0.127. The summed E-state index contributed by atoms with van der Waals surface area (Å²) < 4.78 is 10.3. The molecule has 9 nitrogen and oxygen atoms in total. The third-order valence-electron chi connectivity index (χ3n) is 2.65. The van der Waals surface area contributed by atoms with Gasteiger partial charge in [0.2, 0.25) is 12.6 Å². The molecule has 0 amide bonds. The first-order chi connectivity index (χ1) is 9.65. The van der Waals surface area contributed by atoms with Crippen LogP contribution in [0.1, 0.15) is 0 Å². The predicted molar refractivity (Wildman–Crippen MR) is 67.4 cm³/mol. The predicted octanol–water partition coefficient (Wildman–Crippen LogP) is 1.15. The topological polar surface area (TPSA) is 119 Å². The van der Waals surface area contributed by atoms with Crippen molar-refractivity contribution in [2.24, 2.45) is 0 Å². The Balaban J connectivity index is 1.98. The molecular formula is C11H8N4O5. The number of rotatable bonds is 3. The second-order valence-electron chi connectivity index (χ2n) is 3.88. The van der Waals surface area contributed by atoms with Crippen LogP contribution in [0.5, 0.6) is 11.5 Å². The monoisotopic (exact) mass is 276 g/mol. The number of aromatic nitrogens is 2. The molecule has 3 rings (SSSR count). The largest absolute Gasteiger partial charge is 0.454 e. The van der Waals surface area contributed by atoms with Crippen LogP contribution in [-0.2, 0) is 0 Å². The minimum atomic E-state index is -0.826. The summed E-state index contributed by atoms with van der Waals surface area (Å²) in [5.41, 5.74) is -0.978. The van der Waals surface area contributed by atoms with E-state index in [1.807, 2.05) is 0 Å².